The van der Waals surface area contributed by atoms with Crippen LogP contribution < -0.4 is 5.32 Å². The second kappa shape index (κ2) is 7.29. The molecule has 1 saturated heterocycles. The number of carbonyl (C=O) groups excluding carboxylic acids is 2. The lowest BCUT2D eigenvalue weighted by Crippen LogP contribution is -2.54. The van der Waals surface area contributed by atoms with Crippen LogP contribution in [0.4, 0.5) is 10.1 Å². The quantitative estimate of drug-likeness (QED) is 0.902. The van der Waals surface area contributed by atoms with E-state index in [1.54, 1.807) is 0 Å². The first-order valence-corrected chi connectivity index (χ1v) is 8.46. The summed E-state index contributed by atoms with van der Waals surface area (Å²) in [5.74, 6) is -1.21. The van der Waals surface area contributed by atoms with Crippen molar-refractivity contribution in [1.82, 2.24) is 4.90 Å². The van der Waals surface area contributed by atoms with Crippen LogP contribution in [0.2, 0.25) is 5.02 Å². The van der Waals surface area contributed by atoms with Crippen LogP contribution in [0.5, 0.6) is 0 Å². The summed E-state index contributed by atoms with van der Waals surface area (Å²) >= 11 is 7.23. The van der Waals surface area contributed by atoms with E-state index in [1.165, 1.54) is 34.4 Å². The molecule has 0 saturated carbocycles. The van der Waals surface area contributed by atoms with E-state index in [1.807, 2.05) is 17.5 Å². The van der Waals surface area contributed by atoms with Crippen LogP contribution in [0, 0.1) is 5.82 Å². The van der Waals surface area contributed by atoms with Gasteiger partial charge in [0.05, 0.1) is 18.2 Å². The number of thiophene rings is 1. The lowest BCUT2D eigenvalue weighted by atomic mass is 10.2. The minimum absolute atomic E-state index is 0.0441. The van der Waals surface area contributed by atoms with E-state index in [9.17, 15) is 14.0 Å². The maximum Gasteiger partial charge on any atom is 0.249 e. The van der Waals surface area contributed by atoms with Gasteiger partial charge < -0.3 is 15.0 Å². The van der Waals surface area contributed by atoms with Crippen molar-refractivity contribution < 1.29 is 18.7 Å². The number of ether oxygens (including phenoxy) is 1. The maximum atomic E-state index is 13.2. The number of carbonyl (C=O) groups is 2. The van der Waals surface area contributed by atoms with E-state index in [-0.39, 0.29) is 24.1 Å². The van der Waals surface area contributed by atoms with Crippen molar-refractivity contribution in [1.29, 1.82) is 0 Å². The Bertz CT molecular complexity index is 754. The van der Waals surface area contributed by atoms with Crippen molar-refractivity contribution in [3.63, 3.8) is 0 Å². The van der Waals surface area contributed by atoms with E-state index in [2.05, 4.69) is 5.32 Å². The SMILES string of the molecule is O=C(Nc1ccc(F)c(Cl)c1)C1COCC(=O)N1Cc1cccs1. The zero-order valence-electron chi connectivity index (χ0n) is 12.5. The highest BCUT2D eigenvalue weighted by Crippen LogP contribution is 2.21. The van der Waals surface area contributed by atoms with Gasteiger partial charge in [-0.1, -0.05) is 17.7 Å². The molecule has 0 radical (unpaired) electrons. The summed E-state index contributed by atoms with van der Waals surface area (Å²) in [5.41, 5.74) is 0.362. The summed E-state index contributed by atoms with van der Waals surface area (Å²) in [5, 5.41) is 4.48. The van der Waals surface area contributed by atoms with Gasteiger partial charge in [0.2, 0.25) is 11.8 Å². The molecule has 1 aliphatic heterocycles. The number of nitrogens with zero attached hydrogens (tertiary/aromatic N) is 1. The molecule has 0 bridgehead atoms. The lowest BCUT2D eigenvalue weighted by Gasteiger charge is -2.34. The van der Waals surface area contributed by atoms with Gasteiger partial charge in [-0.05, 0) is 29.6 Å². The van der Waals surface area contributed by atoms with Crippen LogP contribution >= 0.6 is 22.9 Å². The van der Waals surface area contributed by atoms with Crippen LogP contribution in [0.15, 0.2) is 35.7 Å². The summed E-state index contributed by atoms with van der Waals surface area (Å²) < 4.78 is 18.4. The average Bonchev–Trinajstić information content (AvgIpc) is 3.06. The van der Waals surface area contributed by atoms with Crippen LogP contribution in [0.25, 0.3) is 0 Å². The van der Waals surface area contributed by atoms with Gasteiger partial charge in [-0.15, -0.1) is 11.3 Å². The van der Waals surface area contributed by atoms with Crippen LogP contribution in [0.1, 0.15) is 4.88 Å². The van der Waals surface area contributed by atoms with Gasteiger partial charge in [0.1, 0.15) is 18.5 Å². The second-order valence-electron chi connectivity index (χ2n) is 5.25. The molecular weight excluding hydrogens is 355 g/mol. The van der Waals surface area contributed by atoms with Crippen molar-refractivity contribution in [3.05, 3.63) is 51.4 Å². The topological polar surface area (TPSA) is 58.6 Å². The maximum absolute atomic E-state index is 13.2. The van der Waals surface area contributed by atoms with Gasteiger partial charge in [0.15, 0.2) is 0 Å². The molecule has 1 aromatic carbocycles. The minimum atomic E-state index is -0.753. The predicted molar refractivity (Wildman–Crippen MR) is 89.5 cm³/mol. The van der Waals surface area contributed by atoms with Gasteiger partial charge in [0, 0.05) is 10.6 Å². The monoisotopic (exact) mass is 368 g/mol. The fraction of sp³-hybridized carbons (Fsp3) is 0.250. The molecule has 0 aliphatic carbocycles. The number of hydrogen-bond acceptors (Lipinski definition) is 4. The fourth-order valence-electron chi connectivity index (χ4n) is 2.39. The summed E-state index contributed by atoms with van der Waals surface area (Å²) in [4.78, 5) is 27.1. The van der Waals surface area contributed by atoms with Gasteiger partial charge in [-0.25, -0.2) is 4.39 Å². The molecule has 1 N–H and O–H groups in total. The Hall–Kier alpha value is -1.96. The molecule has 24 heavy (non-hydrogen) atoms. The summed E-state index contributed by atoms with van der Waals surface area (Å²) in [7, 11) is 0. The Morgan fingerprint density at radius 1 is 1.46 bits per heavy atom. The highest BCUT2D eigenvalue weighted by atomic mass is 35.5. The molecule has 1 atom stereocenters. The molecule has 1 aliphatic rings. The third-order valence-electron chi connectivity index (χ3n) is 3.59. The van der Waals surface area contributed by atoms with Crippen molar-refractivity contribution in [2.24, 2.45) is 0 Å². The van der Waals surface area contributed by atoms with Gasteiger partial charge in [0.25, 0.3) is 0 Å². The largest absolute Gasteiger partial charge is 0.369 e. The first kappa shape index (κ1) is 16.9. The summed E-state index contributed by atoms with van der Waals surface area (Å²) in [6, 6.07) is 6.95. The van der Waals surface area contributed by atoms with Crippen molar-refractivity contribution in [2.45, 2.75) is 12.6 Å². The molecular formula is C16H14ClFN2O3S. The fourth-order valence-corrected chi connectivity index (χ4v) is 3.27. The molecule has 3 rings (SSSR count). The predicted octanol–water partition coefficient (Wildman–Crippen LogP) is 2.91. The molecule has 2 aromatic rings. The molecule has 5 nitrogen and oxygen atoms in total. The van der Waals surface area contributed by atoms with Gasteiger partial charge >= 0.3 is 0 Å². The normalized spacial score (nSPS) is 17.8. The Morgan fingerprint density at radius 2 is 2.29 bits per heavy atom. The first-order chi connectivity index (χ1) is 11.5. The zero-order chi connectivity index (χ0) is 17.1. The highest BCUT2D eigenvalue weighted by molar-refractivity contribution is 7.09. The highest BCUT2D eigenvalue weighted by Gasteiger charge is 2.34. The number of benzene rings is 1. The van der Waals surface area contributed by atoms with Gasteiger partial charge in [-0.3, -0.25) is 9.59 Å². The molecule has 1 fully saturated rings. The van der Waals surface area contributed by atoms with Gasteiger partial charge in [-0.2, -0.15) is 0 Å². The zero-order valence-corrected chi connectivity index (χ0v) is 14.1. The number of hydrogen-bond donors (Lipinski definition) is 1. The number of nitrogens with one attached hydrogen (secondary N) is 1. The summed E-state index contributed by atoms with van der Waals surface area (Å²) in [6.07, 6.45) is 0. The number of morpholine rings is 1. The molecule has 1 unspecified atom stereocenters. The minimum Gasteiger partial charge on any atom is -0.369 e. The molecule has 1 aromatic heterocycles. The Balaban J connectivity index is 1.75. The third-order valence-corrected chi connectivity index (χ3v) is 4.74. The van der Waals surface area contributed by atoms with Crippen LogP contribution in [0.3, 0.4) is 0 Å². The smallest absolute Gasteiger partial charge is 0.249 e. The standard InChI is InChI=1S/C16H14ClFN2O3S/c17-12-6-10(3-4-13(12)18)19-16(22)14-8-23-9-15(21)20(14)7-11-2-1-5-24-11/h1-6,14H,7-9H2,(H,19,22). The van der Waals surface area contributed by atoms with E-state index in [0.717, 1.165) is 4.88 Å². The van der Waals surface area contributed by atoms with Crippen LogP contribution in [-0.4, -0.2) is 36.0 Å². The second-order valence-corrected chi connectivity index (χ2v) is 6.69. The number of rotatable bonds is 4. The van der Waals surface area contributed by atoms with Crippen LogP contribution in [-0.2, 0) is 20.9 Å². The van der Waals surface area contributed by atoms with E-state index in [0.29, 0.717) is 12.2 Å². The Kier molecular flexibility index (Phi) is 5.13. The third kappa shape index (κ3) is 3.75. The lowest BCUT2D eigenvalue weighted by molar-refractivity contribution is -0.153. The number of amides is 2. The Labute approximate surface area is 147 Å². The number of anilines is 1. The first-order valence-electron chi connectivity index (χ1n) is 7.20. The summed E-state index contributed by atoms with van der Waals surface area (Å²) in [6.45, 7) is 0.414. The van der Waals surface area contributed by atoms with Crippen molar-refractivity contribution >= 4 is 40.4 Å². The molecule has 8 heteroatoms. The molecule has 2 amide bonds. The van der Waals surface area contributed by atoms with Crippen molar-refractivity contribution in [3.8, 4) is 0 Å². The van der Waals surface area contributed by atoms with E-state index >= 15 is 0 Å². The average molecular weight is 369 g/mol. The molecule has 126 valence electrons. The molecule has 0 spiro atoms. The molecule has 2 heterocycles. The Morgan fingerprint density at radius 3 is 3.00 bits per heavy atom. The van der Waals surface area contributed by atoms with Crippen molar-refractivity contribution in [2.75, 3.05) is 18.5 Å². The number of halogens is 2. The van der Waals surface area contributed by atoms with E-state index < -0.39 is 17.8 Å². The van der Waals surface area contributed by atoms with E-state index in [4.69, 9.17) is 16.3 Å².